The van der Waals surface area contributed by atoms with Crippen LogP contribution < -0.4 is 16.2 Å². The highest BCUT2D eigenvalue weighted by atomic mass is 127. The molecule has 1 fully saturated rings. The number of guanidine groups is 1. The van der Waals surface area contributed by atoms with Crippen LogP contribution in [0.1, 0.15) is 36.9 Å². The number of benzene rings is 1. The number of nitrogens with zero attached hydrogens (tertiary/aromatic N) is 2. The highest BCUT2D eigenvalue weighted by Gasteiger charge is 2.45. The van der Waals surface area contributed by atoms with Gasteiger partial charge in [0.15, 0.2) is 5.96 Å². The summed E-state index contributed by atoms with van der Waals surface area (Å²) in [5.41, 5.74) is 2.68. The summed E-state index contributed by atoms with van der Waals surface area (Å²) in [6.07, 6.45) is 4.34. The number of halogens is 2. The minimum Gasteiger partial charge on any atom is -0.356 e. The summed E-state index contributed by atoms with van der Waals surface area (Å²) in [6.45, 7) is 4.45. The third-order valence-electron chi connectivity index (χ3n) is 5.49. The van der Waals surface area contributed by atoms with E-state index in [0.717, 1.165) is 44.1 Å². The van der Waals surface area contributed by atoms with Crippen molar-refractivity contribution < 1.29 is 0 Å². The molecular weight excluding hydrogens is 543 g/mol. The van der Waals surface area contributed by atoms with Crippen LogP contribution in [0, 0.1) is 6.92 Å². The van der Waals surface area contributed by atoms with Crippen molar-refractivity contribution in [1.29, 1.82) is 0 Å². The Morgan fingerprint density at radius 3 is 2.55 bits per heavy atom. The normalized spacial score (nSPS) is 14.8. The molecule has 3 rings (SSSR count). The van der Waals surface area contributed by atoms with Crippen molar-refractivity contribution in [2.45, 2.75) is 44.6 Å². The molecule has 0 spiro atoms. The molecule has 0 amide bonds. The summed E-state index contributed by atoms with van der Waals surface area (Å²) in [5, 5.41) is 6.88. The van der Waals surface area contributed by atoms with Gasteiger partial charge in [0.2, 0.25) is 0 Å². The standard InChI is InChI=1S/C22H29BrN4O.HI/c1-17-8-7-11-20(28)27(17)15-6-5-14-25-21(24-2)26-16-22(12-13-22)18-9-3-4-10-19(18)23;/h3-4,7-11H,5-6,12-16H2,1-2H3,(H2,24,25,26);1H. The molecule has 2 N–H and O–H groups in total. The molecule has 0 aliphatic heterocycles. The van der Waals surface area contributed by atoms with Gasteiger partial charge in [0.05, 0.1) is 0 Å². The van der Waals surface area contributed by atoms with Gasteiger partial charge in [0, 0.05) is 48.3 Å². The average Bonchev–Trinajstić information content (AvgIpc) is 3.47. The molecule has 0 saturated heterocycles. The number of aryl methyl sites for hydroxylation is 1. The predicted octanol–water partition coefficient (Wildman–Crippen LogP) is 4.21. The summed E-state index contributed by atoms with van der Waals surface area (Å²) in [5.74, 6) is 0.839. The fourth-order valence-electron chi connectivity index (χ4n) is 3.57. The molecule has 158 valence electrons. The fourth-order valence-corrected chi connectivity index (χ4v) is 4.27. The lowest BCUT2D eigenvalue weighted by molar-refractivity contribution is 0.572. The van der Waals surface area contributed by atoms with Crippen LogP contribution in [0.2, 0.25) is 0 Å². The van der Waals surface area contributed by atoms with Gasteiger partial charge in [-0.1, -0.05) is 40.2 Å². The molecule has 1 heterocycles. The maximum Gasteiger partial charge on any atom is 0.250 e. The molecule has 0 bridgehead atoms. The van der Waals surface area contributed by atoms with Gasteiger partial charge in [-0.05, 0) is 50.3 Å². The Bertz CT molecular complexity index is 892. The van der Waals surface area contributed by atoms with Crippen LogP contribution >= 0.6 is 39.9 Å². The van der Waals surface area contributed by atoms with Crippen LogP contribution in [0.25, 0.3) is 0 Å². The lowest BCUT2D eigenvalue weighted by atomic mass is 9.96. The fraction of sp³-hybridized carbons (Fsp3) is 0.455. The second-order valence-corrected chi connectivity index (χ2v) is 8.33. The first kappa shape index (κ1) is 23.9. The van der Waals surface area contributed by atoms with Crippen LogP contribution in [-0.4, -0.2) is 30.7 Å². The van der Waals surface area contributed by atoms with Crippen molar-refractivity contribution in [1.82, 2.24) is 15.2 Å². The van der Waals surface area contributed by atoms with Crippen molar-refractivity contribution in [3.63, 3.8) is 0 Å². The molecule has 1 aliphatic rings. The monoisotopic (exact) mass is 572 g/mol. The lowest BCUT2D eigenvalue weighted by Crippen LogP contribution is -2.41. The van der Waals surface area contributed by atoms with E-state index < -0.39 is 0 Å². The van der Waals surface area contributed by atoms with Gasteiger partial charge in [0.25, 0.3) is 5.56 Å². The summed E-state index contributed by atoms with van der Waals surface area (Å²) in [6, 6.07) is 13.9. The largest absolute Gasteiger partial charge is 0.356 e. The average molecular weight is 573 g/mol. The second-order valence-electron chi connectivity index (χ2n) is 7.48. The van der Waals surface area contributed by atoms with Crippen LogP contribution in [-0.2, 0) is 12.0 Å². The Hall–Kier alpha value is -1.35. The Morgan fingerprint density at radius 2 is 1.90 bits per heavy atom. The van der Waals surface area contributed by atoms with E-state index in [1.165, 1.54) is 22.9 Å². The summed E-state index contributed by atoms with van der Waals surface area (Å²) >= 11 is 3.69. The number of nitrogens with one attached hydrogen (secondary N) is 2. The zero-order valence-electron chi connectivity index (χ0n) is 17.1. The molecule has 2 aromatic rings. The summed E-state index contributed by atoms with van der Waals surface area (Å²) < 4.78 is 3.02. The van der Waals surface area contributed by atoms with Crippen LogP contribution in [0.15, 0.2) is 56.7 Å². The number of aromatic nitrogens is 1. The summed E-state index contributed by atoms with van der Waals surface area (Å²) in [4.78, 5) is 16.2. The number of unbranched alkanes of at least 4 members (excludes halogenated alkanes) is 1. The SMILES string of the molecule is CN=C(NCCCCn1c(C)cccc1=O)NCC1(c2ccccc2Br)CC1.I. The minimum atomic E-state index is 0. The lowest BCUT2D eigenvalue weighted by Gasteiger charge is -2.20. The van der Waals surface area contributed by atoms with Crippen molar-refractivity contribution in [3.8, 4) is 0 Å². The molecule has 0 radical (unpaired) electrons. The highest BCUT2D eigenvalue weighted by molar-refractivity contribution is 14.0. The molecule has 1 aromatic heterocycles. The topological polar surface area (TPSA) is 58.4 Å². The molecule has 0 unspecified atom stereocenters. The minimum absolute atomic E-state index is 0. The van der Waals surface area contributed by atoms with E-state index in [1.54, 1.807) is 13.1 Å². The third-order valence-corrected chi connectivity index (χ3v) is 6.18. The van der Waals surface area contributed by atoms with Crippen molar-refractivity contribution in [3.05, 3.63) is 68.5 Å². The molecule has 1 aromatic carbocycles. The Kier molecular flexibility index (Phi) is 9.20. The summed E-state index contributed by atoms with van der Waals surface area (Å²) in [7, 11) is 1.81. The van der Waals surface area contributed by atoms with E-state index in [0.29, 0.717) is 0 Å². The predicted molar refractivity (Wildman–Crippen MR) is 135 cm³/mol. The Labute approximate surface area is 198 Å². The quantitative estimate of drug-likeness (QED) is 0.216. The molecule has 0 atom stereocenters. The molecule has 5 nitrogen and oxygen atoms in total. The maximum atomic E-state index is 11.9. The van der Waals surface area contributed by atoms with Crippen molar-refractivity contribution >= 4 is 45.9 Å². The highest BCUT2D eigenvalue weighted by Crippen LogP contribution is 2.49. The number of hydrogen-bond donors (Lipinski definition) is 2. The zero-order chi connectivity index (χ0) is 20.0. The third kappa shape index (κ3) is 6.31. The second kappa shape index (κ2) is 11.2. The van der Waals surface area contributed by atoms with E-state index in [2.05, 4.69) is 55.8 Å². The molecule has 1 aliphatic carbocycles. The molecular formula is C22H30BrIN4O. The van der Waals surface area contributed by atoms with Crippen molar-refractivity contribution in [2.24, 2.45) is 4.99 Å². The van der Waals surface area contributed by atoms with Gasteiger partial charge < -0.3 is 15.2 Å². The van der Waals surface area contributed by atoms with Crippen LogP contribution in [0.4, 0.5) is 0 Å². The van der Waals surface area contributed by atoms with E-state index in [-0.39, 0.29) is 35.0 Å². The van der Waals surface area contributed by atoms with Gasteiger partial charge in [-0.3, -0.25) is 9.79 Å². The van der Waals surface area contributed by atoms with Crippen LogP contribution in [0.5, 0.6) is 0 Å². The zero-order valence-corrected chi connectivity index (χ0v) is 21.0. The first-order valence-electron chi connectivity index (χ1n) is 9.92. The Morgan fingerprint density at radius 1 is 1.14 bits per heavy atom. The van der Waals surface area contributed by atoms with E-state index in [4.69, 9.17) is 0 Å². The first-order valence-corrected chi connectivity index (χ1v) is 10.7. The number of pyridine rings is 1. The van der Waals surface area contributed by atoms with E-state index in [1.807, 2.05) is 23.6 Å². The molecule has 1 saturated carbocycles. The number of hydrogen-bond acceptors (Lipinski definition) is 2. The van der Waals surface area contributed by atoms with Gasteiger partial charge >= 0.3 is 0 Å². The smallest absolute Gasteiger partial charge is 0.250 e. The first-order chi connectivity index (χ1) is 13.6. The van der Waals surface area contributed by atoms with E-state index in [9.17, 15) is 4.79 Å². The van der Waals surface area contributed by atoms with Crippen LogP contribution in [0.3, 0.4) is 0 Å². The molecule has 7 heteroatoms. The molecule has 29 heavy (non-hydrogen) atoms. The van der Waals surface area contributed by atoms with Gasteiger partial charge in [-0.25, -0.2) is 0 Å². The number of rotatable bonds is 8. The number of aliphatic imine (C=N–C) groups is 1. The van der Waals surface area contributed by atoms with Gasteiger partial charge in [-0.2, -0.15) is 0 Å². The maximum absolute atomic E-state index is 11.9. The van der Waals surface area contributed by atoms with Crippen molar-refractivity contribution in [2.75, 3.05) is 20.1 Å². The van der Waals surface area contributed by atoms with Gasteiger partial charge in [-0.15, -0.1) is 24.0 Å². The van der Waals surface area contributed by atoms with Gasteiger partial charge in [0.1, 0.15) is 0 Å². The Balaban J connectivity index is 0.00000300. The van der Waals surface area contributed by atoms with E-state index >= 15 is 0 Å².